The molecular formula is C18H19F3N2O2S. The van der Waals surface area contributed by atoms with Gasteiger partial charge in [0.05, 0.1) is 17.0 Å². The van der Waals surface area contributed by atoms with Gasteiger partial charge in [0.1, 0.15) is 12.4 Å². The minimum atomic E-state index is -4.36. The van der Waals surface area contributed by atoms with E-state index in [1.54, 1.807) is 11.9 Å². The van der Waals surface area contributed by atoms with Gasteiger partial charge >= 0.3 is 6.18 Å². The van der Waals surface area contributed by atoms with Crippen LogP contribution in [-0.2, 0) is 19.1 Å². The molecule has 8 heteroatoms. The topological polar surface area (TPSA) is 41.6 Å². The van der Waals surface area contributed by atoms with Crippen molar-refractivity contribution in [1.29, 1.82) is 0 Å². The van der Waals surface area contributed by atoms with Gasteiger partial charge in [-0.2, -0.15) is 13.2 Å². The van der Waals surface area contributed by atoms with E-state index in [0.29, 0.717) is 17.2 Å². The van der Waals surface area contributed by atoms with Gasteiger partial charge in [0, 0.05) is 25.0 Å². The van der Waals surface area contributed by atoms with Crippen LogP contribution in [0.5, 0.6) is 5.75 Å². The number of benzene rings is 1. The van der Waals surface area contributed by atoms with Crippen LogP contribution in [0, 0.1) is 0 Å². The third-order valence-corrected chi connectivity index (χ3v) is 5.40. The van der Waals surface area contributed by atoms with Crippen molar-refractivity contribution in [2.24, 2.45) is 0 Å². The first-order valence-electron chi connectivity index (χ1n) is 8.22. The smallest absolute Gasteiger partial charge is 0.416 e. The van der Waals surface area contributed by atoms with Gasteiger partial charge in [-0.15, -0.1) is 11.3 Å². The van der Waals surface area contributed by atoms with Crippen LogP contribution in [0.15, 0.2) is 30.3 Å². The maximum atomic E-state index is 12.5. The number of rotatable bonds is 5. The lowest BCUT2D eigenvalue weighted by Gasteiger charge is -2.17. The minimum Gasteiger partial charge on any atom is -0.492 e. The van der Waals surface area contributed by atoms with Crippen LogP contribution in [0.3, 0.4) is 0 Å². The Kier molecular flexibility index (Phi) is 5.52. The third kappa shape index (κ3) is 4.37. The van der Waals surface area contributed by atoms with Gasteiger partial charge in [-0.1, -0.05) is 0 Å². The van der Waals surface area contributed by atoms with E-state index in [1.807, 2.05) is 6.07 Å². The van der Waals surface area contributed by atoms with Crippen molar-refractivity contribution in [3.05, 3.63) is 51.2 Å². The van der Waals surface area contributed by atoms with Gasteiger partial charge in [-0.25, -0.2) is 0 Å². The second kappa shape index (κ2) is 7.67. The second-order valence-electron chi connectivity index (χ2n) is 6.08. The molecule has 2 aromatic rings. The Morgan fingerprint density at radius 3 is 2.69 bits per heavy atom. The monoisotopic (exact) mass is 384 g/mol. The molecule has 26 heavy (non-hydrogen) atoms. The molecule has 140 valence electrons. The number of alkyl halides is 3. The largest absolute Gasteiger partial charge is 0.492 e. The highest BCUT2D eigenvalue weighted by molar-refractivity contribution is 7.14. The van der Waals surface area contributed by atoms with Gasteiger partial charge in [0.2, 0.25) is 0 Å². The molecule has 1 aromatic heterocycles. The number of nitrogens with zero attached hydrogens (tertiary/aromatic N) is 1. The average molecular weight is 384 g/mol. The van der Waals surface area contributed by atoms with Crippen molar-refractivity contribution < 1.29 is 22.7 Å². The number of ether oxygens (including phenoxy) is 1. The maximum absolute atomic E-state index is 12.5. The zero-order valence-corrected chi connectivity index (χ0v) is 15.0. The minimum absolute atomic E-state index is 0.0691. The molecule has 0 aliphatic carbocycles. The van der Waals surface area contributed by atoms with Crippen LogP contribution in [0.4, 0.5) is 13.2 Å². The number of hydrogen-bond donors (Lipinski definition) is 1. The maximum Gasteiger partial charge on any atom is 0.416 e. The van der Waals surface area contributed by atoms with Crippen LogP contribution in [0.2, 0.25) is 0 Å². The van der Waals surface area contributed by atoms with Crippen molar-refractivity contribution in [3.8, 4) is 5.75 Å². The predicted octanol–water partition coefficient (Wildman–Crippen LogP) is 3.56. The van der Waals surface area contributed by atoms with Crippen molar-refractivity contribution in [2.75, 3.05) is 26.7 Å². The number of fused-ring (bicyclic) bond motifs is 1. The molecule has 1 aromatic carbocycles. The van der Waals surface area contributed by atoms with Crippen molar-refractivity contribution in [1.82, 2.24) is 10.2 Å². The molecule has 4 nitrogen and oxygen atoms in total. The summed E-state index contributed by atoms with van der Waals surface area (Å²) in [5, 5.41) is 3.28. The second-order valence-corrected chi connectivity index (χ2v) is 7.22. The first-order chi connectivity index (χ1) is 12.3. The molecule has 0 saturated carbocycles. The Hall–Kier alpha value is -2.06. The van der Waals surface area contributed by atoms with Crippen LogP contribution in [0.25, 0.3) is 0 Å². The highest BCUT2D eigenvalue weighted by atomic mass is 32.1. The molecular weight excluding hydrogens is 365 g/mol. The van der Waals surface area contributed by atoms with Crippen molar-refractivity contribution in [3.63, 3.8) is 0 Å². The van der Waals surface area contributed by atoms with Crippen LogP contribution in [0.1, 0.15) is 25.7 Å². The number of halogens is 3. The van der Waals surface area contributed by atoms with E-state index in [4.69, 9.17) is 4.74 Å². The summed E-state index contributed by atoms with van der Waals surface area (Å²) in [6.07, 6.45) is -3.42. The number of hydrogen-bond acceptors (Lipinski definition) is 4. The fourth-order valence-electron chi connectivity index (χ4n) is 2.69. The zero-order valence-electron chi connectivity index (χ0n) is 14.2. The summed E-state index contributed by atoms with van der Waals surface area (Å²) in [6, 6.07) is 6.46. The highest BCUT2D eigenvalue weighted by Crippen LogP contribution is 2.30. The number of nitrogens with one attached hydrogen (secondary N) is 1. The van der Waals surface area contributed by atoms with E-state index in [1.165, 1.54) is 33.9 Å². The van der Waals surface area contributed by atoms with E-state index >= 15 is 0 Å². The van der Waals surface area contributed by atoms with Crippen LogP contribution >= 0.6 is 11.3 Å². The summed E-state index contributed by atoms with van der Waals surface area (Å²) in [5.41, 5.74) is 0.465. The summed E-state index contributed by atoms with van der Waals surface area (Å²) >= 11 is 1.53. The van der Waals surface area contributed by atoms with E-state index in [9.17, 15) is 18.0 Å². The van der Waals surface area contributed by atoms with Gasteiger partial charge in [-0.05, 0) is 42.3 Å². The number of carbonyl (C=O) groups is 1. The molecule has 1 N–H and O–H groups in total. The normalized spacial score (nSPS) is 14.0. The highest BCUT2D eigenvalue weighted by Gasteiger charge is 2.30. The van der Waals surface area contributed by atoms with Crippen molar-refractivity contribution >= 4 is 17.2 Å². The number of carbonyl (C=O) groups excluding carboxylic acids is 1. The SMILES string of the molecule is CN(CCOc1ccc(C(F)(F)F)cc1)C(=O)c1cc2c(s1)CCNC2. The third-order valence-electron chi connectivity index (χ3n) is 4.18. The molecule has 1 amide bonds. The zero-order chi connectivity index (χ0) is 18.7. The van der Waals surface area contributed by atoms with E-state index in [-0.39, 0.29) is 12.5 Å². The molecule has 3 rings (SSSR count). The number of amides is 1. The summed E-state index contributed by atoms with van der Waals surface area (Å²) in [7, 11) is 1.69. The molecule has 1 aliphatic rings. The van der Waals surface area contributed by atoms with Gasteiger partial charge in [0.25, 0.3) is 5.91 Å². The van der Waals surface area contributed by atoms with E-state index in [0.717, 1.165) is 31.6 Å². The summed E-state index contributed by atoms with van der Waals surface area (Å²) in [5.74, 6) is 0.275. The van der Waals surface area contributed by atoms with E-state index < -0.39 is 11.7 Å². The molecule has 0 unspecified atom stereocenters. The molecule has 0 radical (unpaired) electrons. The molecule has 1 aliphatic heterocycles. The quantitative estimate of drug-likeness (QED) is 0.857. The predicted molar refractivity (Wildman–Crippen MR) is 93.6 cm³/mol. The van der Waals surface area contributed by atoms with E-state index in [2.05, 4.69) is 5.32 Å². The first kappa shape index (κ1) is 18.7. The lowest BCUT2D eigenvalue weighted by atomic mass is 10.1. The fourth-order valence-corrected chi connectivity index (χ4v) is 3.86. The Balaban J connectivity index is 1.51. The standard InChI is InChI=1S/C18H19F3N2O2S/c1-23(17(24)16-10-12-11-22-7-6-15(12)26-16)8-9-25-14-4-2-13(3-5-14)18(19,20)21/h2-5,10,22H,6-9,11H2,1H3. The summed E-state index contributed by atoms with van der Waals surface area (Å²) in [6.45, 7) is 2.28. The summed E-state index contributed by atoms with van der Waals surface area (Å²) in [4.78, 5) is 16.0. The average Bonchev–Trinajstić information content (AvgIpc) is 3.04. The van der Waals surface area contributed by atoms with Crippen LogP contribution in [-0.4, -0.2) is 37.6 Å². The van der Waals surface area contributed by atoms with Gasteiger partial charge < -0.3 is 15.0 Å². The fraction of sp³-hybridized carbons (Fsp3) is 0.389. The molecule has 2 heterocycles. The molecule has 0 fully saturated rings. The Labute approximate surface area is 153 Å². The first-order valence-corrected chi connectivity index (χ1v) is 9.04. The summed E-state index contributed by atoms with van der Waals surface area (Å²) < 4.78 is 43.0. The molecule has 0 spiro atoms. The molecule has 0 atom stereocenters. The van der Waals surface area contributed by atoms with Gasteiger partial charge in [0.15, 0.2) is 0 Å². The van der Waals surface area contributed by atoms with Gasteiger partial charge in [-0.3, -0.25) is 4.79 Å². The number of likely N-dealkylation sites (N-methyl/N-ethyl adjacent to an activating group) is 1. The Morgan fingerprint density at radius 2 is 2.04 bits per heavy atom. The Morgan fingerprint density at radius 1 is 1.31 bits per heavy atom. The molecule has 0 saturated heterocycles. The number of thiophene rings is 1. The Bertz CT molecular complexity index is 748. The van der Waals surface area contributed by atoms with Crippen molar-refractivity contribution in [2.45, 2.75) is 19.1 Å². The lowest BCUT2D eigenvalue weighted by molar-refractivity contribution is -0.137. The van der Waals surface area contributed by atoms with Crippen LogP contribution < -0.4 is 10.1 Å². The molecule has 0 bridgehead atoms. The lowest BCUT2D eigenvalue weighted by Crippen LogP contribution is -2.30.